The molecule has 0 amide bonds. The van der Waals surface area contributed by atoms with Gasteiger partial charge in [-0.3, -0.25) is 9.36 Å². The zero-order valence-electron chi connectivity index (χ0n) is 11.5. The third kappa shape index (κ3) is 2.46. The topological polar surface area (TPSA) is 47.7 Å². The number of nitrogens with zero attached hydrogens (tertiary/aromatic N) is 4. The van der Waals surface area contributed by atoms with E-state index in [0.717, 1.165) is 18.8 Å². The SMILES string of the molecule is CCNC(c1cnn(CC)c1)c1cc(C)nn1C. The van der Waals surface area contributed by atoms with Gasteiger partial charge in [-0.1, -0.05) is 6.92 Å². The normalized spacial score (nSPS) is 12.9. The van der Waals surface area contributed by atoms with Gasteiger partial charge in [0.15, 0.2) is 0 Å². The summed E-state index contributed by atoms with van der Waals surface area (Å²) >= 11 is 0. The number of aromatic nitrogens is 4. The van der Waals surface area contributed by atoms with E-state index in [1.807, 2.05) is 29.5 Å². The maximum atomic E-state index is 4.42. The molecule has 0 aliphatic rings. The third-order valence-electron chi connectivity index (χ3n) is 3.05. The fourth-order valence-corrected chi connectivity index (χ4v) is 2.20. The molecule has 0 spiro atoms. The minimum absolute atomic E-state index is 0.154. The number of nitrogens with one attached hydrogen (secondary N) is 1. The van der Waals surface area contributed by atoms with Gasteiger partial charge in [-0.15, -0.1) is 0 Å². The standard InChI is InChI=1S/C13H21N5/c1-5-14-13(11-8-15-18(6-2)9-11)12-7-10(3)16-17(12)4/h7-9,13-14H,5-6H2,1-4H3. The van der Waals surface area contributed by atoms with Crippen LogP contribution < -0.4 is 5.32 Å². The molecule has 0 saturated carbocycles. The summed E-state index contributed by atoms with van der Waals surface area (Å²) < 4.78 is 3.88. The third-order valence-corrected chi connectivity index (χ3v) is 3.05. The molecule has 5 heteroatoms. The summed E-state index contributed by atoms with van der Waals surface area (Å²) in [6, 6.07) is 2.28. The van der Waals surface area contributed by atoms with Gasteiger partial charge in [-0.05, 0) is 26.5 Å². The Hall–Kier alpha value is -1.62. The number of aryl methyl sites for hydroxylation is 3. The van der Waals surface area contributed by atoms with E-state index >= 15 is 0 Å². The van der Waals surface area contributed by atoms with Gasteiger partial charge >= 0.3 is 0 Å². The molecule has 2 aromatic heterocycles. The van der Waals surface area contributed by atoms with Crippen molar-refractivity contribution in [1.82, 2.24) is 24.9 Å². The molecule has 1 N–H and O–H groups in total. The molecule has 0 aliphatic carbocycles. The number of rotatable bonds is 5. The molecule has 0 fully saturated rings. The Kier molecular flexibility index (Phi) is 3.81. The van der Waals surface area contributed by atoms with E-state index in [0.29, 0.717) is 0 Å². The summed E-state index contributed by atoms with van der Waals surface area (Å²) in [7, 11) is 1.98. The maximum absolute atomic E-state index is 4.42. The highest BCUT2D eigenvalue weighted by molar-refractivity contribution is 5.25. The van der Waals surface area contributed by atoms with Crippen molar-refractivity contribution < 1.29 is 0 Å². The molecule has 2 heterocycles. The minimum Gasteiger partial charge on any atom is -0.305 e. The molecular weight excluding hydrogens is 226 g/mol. The van der Waals surface area contributed by atoms with Crippen molar-refractivity contribution in [2.75, 3.05) is 6.54 Å². The van der Waals surface area contributed by atoms with Crippen molar-refractivity contribution in [2.45, 2.75) is 33.4 Å². The van der Waals surface area contributed by atoms with Gasteiger partial charge in [-0.2, -0.15) is 10.2 Å². The summed E-state index contributed by atoms with van der Waals surface area (Å²) in [5, 5.41) is 12.3. The van der Waals surface area contributed by atoms with Gasteiger partial charge in [0.1, 0.15) is 0 Å². The summed E-state index contributed by atoms with van der Waals surface area (Å²) in [5.74, 6) is 0. The van der Waals surface area contributed by atoms with Gasteiger partial charge in [0, 0.05) is 25.4 Å². The predicted molar refractivity (Wildman–Crippen MR) is 71.4 cm³/mol. The van der Waals surface area contributed by atoms with Crippen LogP contribution in [0.1, 0.15) is 36.8 Å². The monoisotopic (exact) mass is 247 g/mol. The molecule has 98 valence electrons. The Labute approximate surface area is 108 Å². The van der Waals surface area contributed by atoms with Crippen LogP contribution in [0.3, 0.4) is 0 Å². The first-order chi connectivity index (χ1) is 8.65. The molecule has 1 unspecified atom stereocenters. The predicted octanol–water partition coefficient (Wildman–Crippen LogP) is 1.64. The van der Waals surface area contributed by atoms with Crippen LogP contribution in [0.4, 0.5) is 0 Å². The highest BCUT2D eigenvalue weighted by atomic mass is 15.3. The van der Waals surface area contributed by atoms with E-state index in [4.69, 9.17) is 0 Å². The van der Waals surface area contributed by atoms with Crippen molar-refractivity contribution in [3.05, 3.63) is 35.4 Å². The maximum Gasteiger partial charge on any atom is 0.0778 e. The molecule has 2 aromatic rings. The Morgan fingerprint density at radius 2 is 2.17 bits per heavy atom. The van der Waals surface area contributed by atoms with Crippen LogP contribution in [0.5, 0.6) is 0 Å². The first kappa shape index (κ1) is 12.8. The van der Waals surface area contributed by atoms with Crippen LogP contribution >= 0.6 is 0 Å². The van der Waals surface area contributed by atoms with Gasteiger partial charge in [-0.25, -0.2) is 0 Å². The van der Waals surface area contributed by atoms with Crippen LogP contribution in [0, 0.1) is 6.92 Å². The first-order valence-electron chi connectivity index (χ1n) is 6.42. The highest BCUT2D eigenvalue weighted by Gasteiger charge is 2.18. The van der Waals surface area contributed by atoms with Gasteiger partial charge in [0.05, 0.1) is 23.6 Å². The highest BCUT2D eigenvalue weighted by Crippen LogP contribution is 2.21. The Bertz CT molecular complexity index is 511. The summed E-state index contributed by atoms with van der Waals surface area (Å²) in [6.45, 7) is 8.02. The van der Waals surface area contributed by atoms with Gasteiger partial charge in [0.2, 0.25) is 0 Å². The minimum atomic E-state index is 0.154. The van der Waals surface area contributed by atoms with Crippen LogP contribution in [0.2, 0.25) is 0 Å². The second kappa shape index (κ2) is 5.35. The van der Waals surface area contributed by atoms with Crippen LogP contribution in [0.15, 0.2) is 18.5 Å². The lowest BCUT2D eigenvalue weighted by atomic mass is 10.1. The average molecular weight is 247 g/mol. The molecular formula is C13H21N5. The second-order valence-electron chi connectivity index (χ2n) is 4.45. The van der Waals surface area contributed by atoms with Crippen molar-refractivity contribution in [2.24, 2.45) is 7.05 Å². The molecule has 0 aromatic carbocycles. The number of hydrogen-bond donors (Lipinski definition) is 1. The zero-order valence-corrected chi connectivity index (χ0v) is 11.5. The quantitative estimate of drug-likeness (QED) is 0.874. The molecule has 0 saturated heterocycles. The van der Waals surface area contributed by atoms with Crippen molar-refractivity contribution in [1.29, 1.82) is 0 Å². The average Bonchev–Trinajstić information content (AvgIpc) is 2.93. The largest absolute Gasteiger partial charge is 0.305 e. The fourth-order valence-electron chi connectivity index (χ4n) is 2.20. The van der Waals surface area contributed by atoms with E-state index in [1.165, 1.54) is 11.3 Å². The van der Waals surface area contributed by atoms with Crippen molar-refractivity contribution in [3.63, 3.8) is 0 Å². The molecule has 5 nitrogen and oxygen atoms in total. The first-order valence-corrected chi connectivity index (χ1v) is 6.42. The summed E-state index contributed by atoms with van der Waals surface area (Å²) in [4.78, 5) is 0. The van der Waals surface area contributed by atoms with E-state index in [1.54, 1.807) is 0 Å². The molecule has 18 heavy (non-hydrogen) atoms. The summed E-state index contributed by atoms with van der Waals surface area (Å²) in [5.41, 5.74) is 3.39. The molecule has 0 bridgehead atoms. The molecule has 0 aliphatic heterocycles. The van der Waals surface area contributed by atoms with Crippen LogP contribution in [-0.4, -0.2) is 26.1 Å². The van der Waals surface area contributed by atoms with E-state index < -0.39 is 0 Å². The smallest absolute Gasteiger partial charge is 0.0778 e. The number of hydrogen-bond acceptors (Lipinski definition) is 3. The molecule has 0 radical (unpaired) electrons. The fraction of sp³-hybridized carbons (Fsp3) is 0.538. The van der Waals surface area contributed by atoms with E-state index in [-0.39, 0.29) is 6.04 Å². The van der Waals surface area contributed by atoms with Gasteiger partial charge < -0.3 is 5.32 Å². The van der Waals surface area contributed by atoms with E-state index in [9.17, 15) is 0 Å². The molecule has 1 atom stereocenters. The summed E-state index contributed by atoms with van der Waals surface area (Å²) in [6.07, 6.45) is 4.02. The van der Waals surface area contributed by atoms with Crippen LogP contribution in [0.25, 0.3) is 0 Å². The van der Waals surface area contributed by atoms with Crippen molar-refractivity contribution >= 4 is 0 Å². The second-order valence-corrected chi connectivity index (χ2v) is 4.45. The van der Waals surface area contributed by atoms with Gasteiger partial charge in [0.25, 0.3) is 0 Å². The lowest BCUT2D eigenvalue weighted by Gasteiger charge is -2.16. The Morgan fingerprint density at radius 1 is 1.39 bits per heavy atom. The zero-order chi connectivity index (χ0) is 13.1. The Balaban J connectivity index is 2.36. The van der Waals surface area contributed by atoms with Crippen molar-refractivity contribution in [3.8, 4) is 0 Å². The lowest BCUT2D eigenvalue weighted by molar-refractivity contribution is 0.570. The Morgan fingerprint density at radius 3 is 2.67 bits per heavy atom. The van der Waals surface area contributed by atoms with Crippen LogP contribution in [-0.2, 0) is 13.6 Å². The van der Waals surface area contributed by atoms with E-state index in [2.05, 4.69) is 41.6 Å². The molecule has 2 rings (SSSR count). The lowest BCUT2D eigenvalue weighted by Crippen LogP contribution is -2.23.